The summed E-state index contributed by atoms with van der Waals surface area (Å²) >= 11 is 6.21. The van der Waals surface area contributed by atoms with E-state index in [9.17, 15) is 0 Å². The average molecular weight is 252 g/mol. The van der Waals surface area contributed by atoms with Crippen LogP contribution in [0, 0.1) is 0 Å². The van der Waals surface area contributed by atoms with Crippen molar-refractivity contribution in [2.75, 3.05) is 7.05 Å². The van der Waals surface area contributed by atoms with Crippen LogP contribution in [0.15, 0.2) is 30.4 Å². The van der Waals surface area contributed by atoms with Crippen LogP contribution in [0.2, 0.25) is 5.02 Å². The Labute approximate surface area is 108 Å². The van der Waals surface area contributed by atoms with E-state index in [1.54, 1.807) is 0 Å². The Morgan fingerprint density at radius 3 is 3.00 bits per heavy atom. The van der Waals surface area contributed by atoms with Gasteiger partial charge in [0.15, 0.2) is 0 Å². The quantitative estimate of drug-likeness (QED) is 0.827. The van der Waals surface area contributed by atoms with Gasteiger partial charge in [0, 0.05) is 6.54 Å². The fraction of sp³-hybridized carbons (Fsp3) is 0.429. The van der Waals surface area contributed by atoms with Crippen molar-refractivity contribution >= 4 is 11.6 Å². The number of halogens is 1. The number of rotatable bonds is 4. The molecule has 1 N–H and O–H groups in total. The number of hydrogen-bond acceptors (Lipinski definition) is 2. The first-order valence-corrected chi connectivity index (χ1v) is 6.44. The molecule has 1 aromatic rings. The lowest BCUT2D eigenvalue weighted by Gasteiger charge is -2.19. The van der Waals surface area contributed by atoms with Gasteiger partial charge in [-0.3, -0.25) is 0 Å². The molecule has 1 aliphatic carbocycles. The van der Waals surface area contributed by atoms with Gasteiger partial charge in [-0.1, -0.05) is 23.7 Å². The summed E-state index contributed by atoms with van der Waals surface area (Å²) in [5.41, 5.74) is 1.17. The van der Waals surface area contributed by atoms with Crippen LogP contribution in [0.3, 0.4) is 0 Å². The fourth-order valence-corrected chi connectivity index (χ4v) is 2.24. The lowest BCUT2D eigenvalue weighted by Crippen LogP contribution is -2.16. The van der Waals surface area contributed by atoms with E-state index in [1.807, 2.05) is 25.2 Å². The fourth-order valence-electron chi connectivity index (χ4n) is 2.00. The Balaban J connectivity index is 2.05. The zero-order valence-electron chi connectivity index (χ0n) is 10.1. The predicted octanol–water partition coefficient (Wildman–Crippen LogP) is 3.55. The van der Waals surface area contributed by atoms with E-state index < -0.39 is 0 Å². The molecule has 0 spiro atoms. The molecule has 1 unspecified atom stereocenters. The van der Waals surface area contributed by atoms with Crippen molar-refractivity contribution in [1.82, 2.24) is 5.32 Å². The predicted molar refractivity (Wildman–Crippen MR) is 71.6 cm³/mol. The summed E-state index contributed by atoms with van der Waals surface area (Å²) in [6.07, 6.45) is 7.91. The minimum absolute atomic E-state index is 0.177. The maximum absolute atomic E-state index is 6.21. The first-order valence-electron chi connectivity index (χ1n) is 6.06. The second kappa shape index (κ2) is 6.08. The van der Waals surface area contributed by atoms with Crippen molar-refractivity contribution in [3.05, 3.63) is 40.9 Å². The molecule has 0 aliphatic heterocycles. The molecule has 0 saturated carbocycles. The molecule has 2 nitrogen and oxygen atoms in total. The second-order valence-electron chi connectivity index (χ2n) is 4.31. The van der Waals surface area contributed by atoms with Crippen LogP contribution in [0.25, 0.3) is 0 Å². The lowest BCUT2D eigenvalue weighted by atomic mass is 10.1. The van der Waals surface area contributed by atoms with Gasteiger partial charge in [0.05, 0.1) is 5.02 Å². The Kier molecular flexibility index (Phi) is 4.46. The number of nitrogens with one attached hydrogen (secondary N) is 1. The minimum atomic E-state index is 0.177. The van der Waals surface area contributed by atoms with E-state index >= 15 is 0 Å². The van der Waals surface area contributed by atoms with Crippen LogP contribution < -0.4 is 10.1 Å². The SMILES string of the molecule is CNCc1ccc(OC2C=CCCC2)c(Cl)c1. The van der Waals surface area contributed by atoms with Crippen LogP contribution in [0.5, 0.6) is 5.75 Å². The molecule has 0 bridgehead atoms. The van der Waals surface area contributed by atoms with Crippen molar-refractivity contribution in [3.8, 4) is 5.75 Å². The number of hydrogen-bond donors (Lipinski definition) is 1. The van der Waals surface area contributed by atoms with Gasteiger partial charge < -0.3 is 10.1 Å². The molecule has 3 heteroatoms. The van der Waals surface area contributed by atoms with E-state index in [0.717, 1.165) is 25.1 Å². The van der Waals surface area contributed by atoms with Crippen molar-refractivity contribution in [3.63, 3.8) is 0 Å². The summed E-state index contributed by atoms with van der Waals surface area (Å²) in [4.78, 5) is 0. The molecule has 17 heavy (non-hydrogen) atoms. The normalized spacial score (nSPS) is 19.3. The maximum atomic E-state index is 6.21. The summed E-state index contributed by atoms with van der Waals surface area (Å²) in [6.45, 7) is 0.823. The second-order valence-corrected chi connectivity index (χ2v) is 4.72. The average Bonchev–Trinajstić information content (AvgIpc) is 2.34. The van der Waals surface area contributed by atoms with Gasteiger partial charge in [-0.25, -0.2) is 0 Å². The zero-order valence-corrected chi connectivity index (χ0v) is 10.8. The molecule has 1 aliphatic rings. The molecule has 0 saturated heterocycles. The highest BCUT2D eigenvalue weighted by Crippen LogP contribution is 2.28. The zero-order chi connectivity index (χ0) is 12.1. The van der Waals surface area contributed by atoms with E-state index in [1.165, 1.54) is 12.0 Å². The third kappa shape index (κ3) is 3.48. The topological polar surface area (TPSA) is 21.3 Å². The van der Waals surface area contributed by atoms with E-state index in [0.29, 0.717) is 5.02 Å². The molecule has 0 amide bonds. The Hall–Kier alpha value is -0.990. The first kappa shape index (κ1) is 12.5. The smallest absolute Gasteiger partial charge is 0.138 e. The summed E-state index contributed by atoms with van der Waals surface area (Å²) in [5, 5.41) is 3.79. The Morgan fingerprint density at radius 2 is 2.35 bits per heavy atom. The van der Waals surface area contributed by atoms with E-state index in [4.69, 9.17) is 16.3 Å². The molecular formula is C14H18ClNO. The maximum Gasteiger partial charge on any atom is 0.138 e. The van der Waals surface area contributed by atoms with Crippen LogP contribution in [0.1, 0.15) is 24.8 Å². The first-order chi connectivity index (χ1) is 8.29. The van der Waals surface area contributed by atoms with Crippen LogP contribution in [-0.4, -0.2) is 13.2 Å². The number of allylic oxidation sites excluding steroid dienone is 1. The van der Waals surface area contributed by atoms with Gasteiger partial charge in [0.1, 0.15) is 11.9 Å². The highest BCUT2D eigenvalue weighted by atomic mass is 35.5. The van der Waals surface area contributed by atoms with Crippen LogP contribution in [-0.2, 0) is 6.54 Å². The van der Waals surface area contributed by atoms with Gasteiger partial charge in [0.2, 0.25) is 0 Å². The van der Waals surface area contributed by atoms with Gasteiger partial charge in [-0.15, -0.1) is 0 Å². The van der Waals surface area contributed by atoms with Gasteiger partial charge in [0.25, 0.3) is 0 Å². The van der Waals surface area contributed by atoms with Crippen molar-refractivity contribution in [2.45, 2.75) is 31.9 Å². The summed E-state index contributed by atoms with van der Waals surface area (Å²) in [5.74, 6) is 0.781. The van der Waals surface area contributed by atoms with Gasteiger partial charge in [-0.2, -0.15) is 0 Å². The molecule has 2 rings (SSSR count). The molecule has 92 valence electrons. The van der Waals surface area contributed by atoms with Gasteiger partial charge >= 0.3 is 0 Å². The van der Waals surface area contributed by atoms with Crippen molar-refractivity contribution in [1.29, 1.82) is 0 Å². The van der Waals surface area contributed by atoms with E-state index in [2.05, 4.69) is 17.5 Å². The van der Waals surface area contributed by atoms with Crippen LogP contribution in [0.4, 0.5) is 0 Å². The summed E-state index contributed by atoms with van der Waals surface area (Å²) < 4.78 is 5.88. The van der Waals surface area contributed by atoms with Gasteiger partial charge in [-0.05, 0) is 50.1 Å². The third-order valence-corrected chi connectivity index (χ3v) is 3.16. The highest BCUT2D eigenvalue weighted by molar-refractivity contribution is 6.32. The largest absolute Gasteiger partial charge is 0.485 e. The standard InChI is InChI=1S/C14H18ClNO/c1-16-10-11-7-8-14(13(15)9-11)17-12-5-3-2-4-6-12/h3,5,7-9,12,16H,2,4,6,10H2,1H3. The van der Waals surface area contributed by atoms with Crippen molar-refractivity contribution in [2.24, 2.45) is 0 Å². The highest BCUT2D eigenvalue weighted by Gasteiger charge is 2.12. The van der Waals surface area contributed by atoms with Crippen molar-refractivity contribution < 1.29 is 4.74 Å². The molecule has 0 radical (unpaired) electrons. The monoisotopic (exact) mass is 251 g/mol. The molecular weight excluding hydrogens is 234 g/mol. The lowest BCUT2D eigenvalue weighted by molar-refractivity contribution is 0.230. The number of benzene rings is 1. The molecule has 0 heterocycles. The summed E-state index contributed by atoms with van der Waals surface area (Å²) in [6, 6.07) is 5.96. The molecule has 1 aromatic carbocycles. The molecule has 1 atom stereocenters. The Morgan fingerprint density at radius 1 is 1.47 bits per heavy atom. The van der Waals surface area contributed by atoms with E-state index in [-0.39, 0.29) is 6.10 Å². The molecule has 0 aromatic heterocycles. The third-order valence-electron chi connectivity index (χ3n) is 2.87. The molecule has 0 fully saturated rings. The minimum Gasteiger partial charge on any atom is -0.485 e. The van der Waals surface area contributed by atoms with Crippen LogP contribution >= 0.6 is 11.6 Å². The number of ether oxygens (including phenoxy) is 1. The summed E-state index contributed by atoms with van der Waals surface area (Å²) in [7, 11) is 1.92. The Bertz CT molecular complexity index is 403.